The lowest BCUT2D eigenvalue weighted by molar-refractivity contribution is -0.231. The average molecular weight is 348 g/mol. The number of hydrogen-bond acceptors (Lipinski definition) is 4. The van der Waals surface area contributed by atoms with Gasteiger partial charge in [0.15, 0.2) is 6.10 Å². The van der Waals surface area contributed by atoms with Gasteiger partial charge in [-0.3, -0.25) is 4.68 Å². The average Bonchev–Trinajstić information content (AvgIpc) is 2.62. The number of sulfonamides is 1. The molecule has 1 atom stereocenters. The van der Waals surface area contributed by atoms with Crippen LogP contribution >= 0.6 is 11.6 Å². The largest absolute Gasteiger partial charge is 0.415 e. The molecule has 6 nitrogen and oxygen atoms in total. The van der Waals surface area contributed by atoms with E-state index < -0.39 is 28.8 Å². The molecular weight excluding hydrogens is 335 g/mol. The molecule has 1 saturated heterocycles. The van der Waals surface area contributed by atoms with Crippen molar-refractivity contribution in [1.29, 1.82) is 0 Å². The van der Waals surface area contributed by atoms with Crippen LogP contribution in [0.2, 0.25) is 5.15 Å². The summed E-state index contributed by atoms with van der Waals surface area (Å²) in [5.41, 5.74) is 0.137. The Kier molecular flexibility index (Phi) is 4.26. The molecule has 11 heteroatoms. The lowest BCUT2D eigenvalue weighted by atomic mass is 10.3. The van der Waals surface area contributed by atoms with E-state index in [1.54, 1.807) is 0 Å². The third-order valence-corrected chi connectivity index (χ3v) is 5.65. The van der Waals surface area contributed by atoms with Gasteiger partial charge in [0, 0.05) is 20.1 Å². The molecule has 0 bridgehead atoms. The third kappa shape index (κ3) is 3.03. The Bertz CT molecular complexity index is 644. The van der Waals surface area contributed by atoms with Crippen molar-refractivity contribution in [2.24, 2.45) is 7.05 Å². The van der Waals surface area contributed by atoms with Crippen molar-refractivity contribution in [2.45, 2.75) is 24.1 Å². The predicted octanol–water partition coefficient (Wildman–Crippen LogP) is 1.33. The van der Waals surface area contributed by atoms with E-state index in [1.165, 1.54) is 14.0 Å². The van der Waals surface area contributed by atoms with Crippen LogP contribution in [0.15, 0.2) is 4.90 Å². The van der Waals surface area contributed by atoms with Crippen LogP contribution in [0.4, 0.5) is 13.2 Å². The van der Waals surface area contributed by atoms with Gasteiger partial charge in [-0.1, -0.05) is 11.6 Å². The van der Waals surface area contributed by atoms with Gasteiger partial charge >= 0.3 is 6.18 Å². The van der Waals surface area contributed by atoms with E-state index in [0.717, 1.165) is 8.99 Å². The lowest BCUT2D eigenvalue weighted by Gasteiger charge is -2.32. The first-order chi connectivity index (χ1) is 9.55. The van der Waals surface area contributed by atoms with Crippen LogP contribution < -0.4 is 0 Å². The zero-order valence-corrected chi connectivity index (χ0v) is 12.8. The second-order valence-corrected chi connectivity index (χ2v) is 6.83. The molecule has 21 heavy (non-hydrogen) atoms. The van der Waals surface area contributed by atoms with Crippen molar-refractivity contribution in [3.8, 4) is 0 Å². The van der Waals surface area contributed by atoms with Gasteiger partial charge in [-0.2, -0.15) is 22.6 Å². The molecule has 0 radical (unpaired) electrons. The molecule has 0 amide bonds. The van der Waals surface area contributed by atoms with Crippen molar-refractivity contribution in [1.82, 2.24) is 14.1 Å². The maximum atomic E-state index is 12.7. The molecule has 1 aliphatic rings. The van der Waals surface area contributed by atoms with Crippen molar-refractivity contribution >= 4 is 21.6 Å². The minimum atomic E-state index is -4.62. The number of aromatic nitrogens is 2. The fourth-order valence-corrected chi connectivity index (χ4v) is 4.21. The molecule has 1 aromatic rings. The summed E-state index contributed by atoms with van der Waals surface area (Å²) in [6.07, 6.45) is -6.76. The molecule has 0 aliphatic carbocycles. The second-order valence-electron chi connectivity index (χ2n) is 4.59. The van der Waals surface area contributed by atoms with Crippen molar-refractivity contribution in [3.63, 3.8) is 0 Å². The van der Waals surface area contributed by atoms with E-state index in [2.05, 4.69) is 9.84 Å². The Labute approximate surface area is 124 Å². The Hall–Kier alpha value is -0.840. The first-order valence-corrected chi connectivity index (χ1v) is 7.74. The molecule has 1 aromatic heterocycles. The van der Waals surface area contributed by atoms with Crippen LogP contribution in [0.5, 0.6) is 0 Å². The van der Waals surface area contributed by atoms with Gasteiger partial charge < -0.3 is 4.74 Å². The Balaban J connectivity index is 2.36. The number of hydrogen-bond donors (Lipinski definition) is 0. The highest BCUT2D eigenvalue weighted by atomic mass is 35.5. The molecule has 1 aliphatic heterocycles. The molecule has 0 N–H and O–H groups in total. The summed E-state index contributed by atoms with van der Waals surface area (Å²) in [4.78, 5) is -0.269. The molecule has 1 fully saturated rings. The van der Waals surface area contributed by atoms with Crippen LogP contribution in [-0.2, 0) is 21.8 Å². The normalized spacial score (nSPS) is 21.7. The Morgan fingerprint density at radius 1 is 1.43 bits per heavy atom. The summed E-state index contributed by atoms with van der Waals surface area (Å²) < 4.78 is 69.5. The van der Waals surface area contributed by atoms with Gasteiger partial charge in [0.1, 0.15) is 10.0 Å². The van der Waals surface area contributed by atoms with E-state index in [4.69, 9.17) is 11.6 Å². The van der Waals surface area contributed by atoms with Gasteiger partial charge in [0.25, 0.3) is 0 Å². The lowest BCUT2D eigenvalue weighted by Crippen LogP contribution is -2.51. The first kappa shape index (κ1) is 16.5. The maximum Gasteiger partial charge on any atom is 0.415 e. The number of morpholine rings is 1. The molecule has 0 saturated carbocycles. The van der Waals surface area contributed by atoms with E-state index >= 15 is 0 Å². The number of alkyl halides is 3. The predicted molar refractivity (Wildman–Crippen MR) is 67.5 cm³/mol. The highest BCUT2D eigenvalue weighted by molar-refractivity contribution is 7.89. The monoisotopic (exact) mass is 347 g/mol. The van der Waals surface area contributed by atoms with Crippen molar-refractivity contribution in [3.05, 3.63) is 10.8 Å². The fourth-order valence-electron chi connectivity index (χ4n) is 2.07. The van der Waals surface area contributed by atoms with Crippen LogP contribution in [0.1, 0.15) is 5.69 Å². The molecule has 0 spiro atoms. The summed E-state index contributed by atoms with van der Waals surface area (Å²) in [6.45, 7) is 0.136. The number of halogens is 4. The molecular formula is C10H13ClF3N3O3S. The topological polar surface area (TPSA) is 64.4 Å². The van der Waals surface area contributed by atoms with Gasteiger partial charge in [-0.25, -0.2) is 8.42 Å². The van der Waals surface area contributed by atoms with Crippen LogP contribution in [0.25, 0.3) is 0 Å². The zero-order valence-electron chi connectivity index (χ0n) is 11.2. The molecule has 0 aromatic carbocycles. The van der Waals surface area contributed by atoms with Gasteiger partial charge in [0.05, 0.1) is 12.3 Å². The van der Waals surface area contributed by atoms with E-state index in [9.17, 15) is 21.6 Å². The maximum absolute atomic E-state index is 12.7. The number of nitrogens with zero attached hydrogens (tertiary/aromatic N) is 3. The quantitative estimate of drug-likeness (QED) is 0.809. The van der Waals surface area contributed by atoms with Crippen LogP contribution in [-0.4, -0.2) is 54.5 Å². The first-order valence-electron chi connectivity index (χ1n) is 5.92. The Morgan fingerprint density at radius 3 is 2.52 bits per heavy atom. The SMILES string of the molecule is Cc1nn(C)c(Cl)c1S(=O)(=O)N1CCO[C@@H](C(F)(F)F)C1. The summed E-state index contributed by atoms with van der Waals surface area (Å²) in [7, 11) is -2.71. The molecule has 0 unspecified atom stereocenters. The number of aryl methyl sites for hydroxylation is 2. The van der Waals surface area contributed by atoms with Gasteiger partial charge in [-0.15, -0.1) is 0 Å². The zero-order chi connectivity index (χ0) is 16.0. The second kappa shape index (κ2) is 5.41. The van der Waals surface area contributed by atoms with Gasteiger partial charge in [0.2, 0.25) is 10.0 Å². The summed E-state index contributed by atoms with van der Waals surface area (Å²) >= 11 is 5.89. The summed E-state index contributed by atoms with van der Waals surface area (Å²) in [5.74, 6) is 0. The number of rotatable bonds is 2. The standard InChI is InChI=1S/C10H13ClF3N3O3S/c1-6-8(9(11)16(2)15-6)21(18,19)17-3-4-20-7(5-17)10(12,13)14/h7H,3-5H2,1-2H3/t7-/m1/s1. The van der Waals surface area contributed by atoms with Crippen LogP contribution in [0, 0.1) is 6.92 Å². The number of ether oxygens (including phenoxy) is 1. The molecule has 2 rings (SSSR count). The van der Waals surface area contributed by atoms with Crippen LogP contribution in [0.3, 0.4) is 0 Å². The smallest absolute Gasteiger partial charge is 0.366 e. The highest BCUT2D eigenvalue weighted by Crippen LogP contribution is 2.31. The van der Waals surface area contributed by atoms with Crippen molar-refractivity contribution < 1.29 is 26.3 Å². The minimum absolute atomic E-state index is 0.137. The fraction of sp³-hybridized carbons (Fsp3) is 0.700. The Morgan fingerprint density at radius 2 is 2.05 bits per heavy atom. The minimum Gasteiger partial charge on any atom is -0.366 e. The van der Waals surface area contributed by atoms with E-state index in [1.807, 2.05) is 0 Å². The van der Waals surface area contributed by atoms with E-state index in [-0.39, 0.29) is 28.9 Å². The summed E-state index contributed by atoms with van der Waals surface area (Å²) in [5, 5.41) is 3.73. The van der Waals surface area contributed by atoms with E-state index in [0.29, 0.717) is 0 Å². The third-order valence-electron chi connectivity index (χ3n) is 3.09. The summed E-state index contributed by atoms with van der Waals surface area (Å²) in [6, 6.07) is 0. The molecule has 2 heterocycles. The van der Waals surface area contributed by atoms with Crippen molar-refractivity contribution in [2.75, 3.05) is 19.7 Å². The highest BCUT2D eigenvalue weighted by Gasteiger charge is 2.46. The van der Waals surface area contributed by atoms with Gasteiger partial charge in [-0.05, 0) is 6.92 Å². The molecule has 120 valence electrons.